The largest absolute Gasteiger partial charge is 0.378 e. The Hall–Kier alpha value is -1.55. The summed E-state index contributed by atoms with van der Waals surface area (Å²) in [5, 5.41) is 9.49. The first kappa shape index (κ1) is 23.7. The minimum atomic E-state index is -0.292. The van der Waals surface area contributed by atoms with Crippen LogP contribution < -0.4 is 16.0 Å². The molecule has 0 bridgehead atoms. The number of benzene rings is 1. The summed E-state index contributed by atoms with van der Waals surface area (Å²) in [7, 11) is 0. The summed E-state index contributed by atoms with van der Waals surface area (Å²) < 4.78 is 22.6. The SMILES string of the molecule is Cc1ccccc1NC(=O)CC1COCCNCCOCCOCCNCCO1. The quantitative estimate of drug-likeness (QED) is 0.685. The molecule has 164 valence electrons. The maximum atomic E-state index is 12.5. The summed E-state index contributed by atoms with van der Waals surface area (Å²) in [6.07, 6.45) is -0.0436. The van der Waals surface area contributed by atoms with E-state index in [1.165, 1.54) is 0 Å². The number of hydrogen-bond donors (Lipinski definition) is 3. The molecule has 1 aliphatic heterocycles. The molecule has 1 aromatic rings. The Morgan fingerprint density at radius 1 is 0.931 bits per heavy atom. The number of hydrogen-bond acceptors (Lipinski definition) is 7. The van der Waals surface area contributed by atoms with Crippen molar-refractivity contribution in [3.63, 3.8) is 0 Å². The lowest BCUT2D eigenvalue weighted by Crippen LogP contribution is -2.32. The smallest absolute Gasteiger partial charge is 0.227 e. The van der Waals surface area contributed by atoms with E-state index in [1.807, 2.05) is 31.2 Å². The molecule has 8 nitrogen and oxygen atoms in total. The molecular formula is C21H35N3O5. The average Bonchev–Trinajstić information content (AvgIpc) is 2.71. The predicted octanol–water partition coefficient (Wildman–Crippen LogP) is 0.951. The first-order chi connectivity index (χ1) is 14.3. The van der Waals surface area contributed by atoms with E-state index in [0.717, 1.165) is 30.9 Å². The second-order valence-electron chi connectivity index (χ2n) is 6.86. The molecule has 1 atom stereocenters. The Bertz CT molecular complexity index is 555. The Balaban J connectivity index is 1.77. The third kappa shape index (κ3) is 11.3. The van der Waals surface area contributed by atoms with Crippen LogP contribution >= 0.6 is 0 Å². The molecule has 0 aromatic heterocycles. The molecule has 1 saturated heterocycles. The highest BCUT2D eigenvalue weighted by Gasteiger charge is 2.16. The number of rotatable bonds is 3. The molecule has 1 aliphatic rings. The van der Waals surface area contributed by atoms with Gasteiger partial charge in [0.1, 0.15) is 0 Å². The van der Waals surface area contributed by atoms with Crippen LogP contribution in [0.2, 0.25) is 0 Å². The first-order valence-corrected chi connectivity index (χ1v) is 10.4. The third-order valence-electron chi connectivity index (χ3n) is 4.41. The fourth-order valence-electron chi connectivity index (χ4n) is 2.80. The number of ether oxygens (including phenoxy) is 4. The van der Waals surface area contributed by atoms with Crippen LogP contribution in [0.1, 0.15) is 12.0 Å². The average molecular weight is 410 g/mol. The second kappa shape index (κ2) is 15.3. The van der Waals surface area contributed by atoms with Gasteiger partial charge in [0.2, 0.25) is 5.91 Å². The van der Waals surface area contributed by atoms with E-state index in [2.05, 4.69) is 16.0 Å². The van der Waals surface area contributed by atoms with Gasteiger partial charge in [-0.25, -0.2) is 0 Å². The predicted molar refractivity (Wildman–Crippen MR) is 112 cm³/mol. The van der Waals surface area contributed by atoms with Gasteiger partial charge in [0.05, 0.1) is 58.8 Å². The molecule has 1 unspecified atom stereocenters. The van der Waals surface area contributed by atoms with Crippen molar-refractivity contribution in [1.29, 1.82) is 0 Å². The van der Waals surface area contributed by atoms with Crippen LogP contribution in [-0.4, -0.2) is 84.4 Å². The van der Waals surface area contributed by atoms with E-state index in [0.29, 0.717) is 52.8 Å². The summed E-state index contributed by atoms with van der Waals surface area (Å²) in [5.41, 5.74) is 1.86. The first-order valence-electron chi connectivity index (χ1n) is 10.4. The maximum absolute atomic E-state index is 12.5. The molecule has 1 fully saturated rings. The van der Waals surface area contributed by atoms with E-state index in [9.17, 15) is 4.79 Å². The Morgan fingerprint density at radius 3 is 2.24 bits per heavy atom. The van der Waals surface area contributed by atoms with Gasteiger partial charge in [0.15, 0.2) is 0 Å². The molecule has 1 aromatic carbocycles. The van der Waals surface area contributed by atoms with E-state index < -0.39 is 0 Å². The number of carbonyl (C=O) groups excluding carboxylic acids is 1. The zero-order chi connectivity index (χ0) is 20.6. The molecule has 8 heteroatoms. The van der Waals surface area contributed by atoms with Crippen LogP contribution in [0, 0.1) is 6.92 Å². The lowest BCUT2D eigenvalue weighted by atomic mass is 10.2. The van der Waals surface area contributed by atoms with E-state index in [-0.39, 0.29) is 18.4 Å². The van der Waals surface area contributed by atoms with Crippen LogP contribution in [0.15, 0.2) is 24.3 Å². The van der Waals surface area contributed by atoms with Gasteiger partial charge >= 0.3 is 0 Å². The van der Waals surface area contributed by atoms with Crippen molar-refractivity contribution >= 4 is 11.6 Å². The molecule has 0 saturated carbocycles. The molecule has 29 heavy (non-hydrogen) atoms. The van der Waals surface area contributed by atoms with E-state index >= 15 is 0 Å². The summed E-state index contributed by atoms with van der Waals surface area (Å²) in [6.45, 7) is 8.83. The van der Waals surface area contributed by atoms with Gasteiger partial charge in [0.25, 0.3) is 0 Å². The number of amides is 1. The minimum Gasteiger partial charge on any atom is -0.378 e. The van der Waals surface area contributed by atoms with Crippen LogP contribution in [0.3, 0.4) is 0 Å². The molecule has 0 spiro atoms. The van der Waals surface area contributed by atoms with Gasteiger partial charge in [-0.2, -0.15) is 0 Å². The highest BCUT2D eigenvalue weighted by Crippen LogP contribution is 2.14. The second-order valence-corrected chi connectivity index (χ2v) is 6.86. The fraction of sp³-hybridized carbons (Fsp3) is 0.667. The topological polar surface area (TPSA) is 90.1 Å². The van der Waals surface area contributed by atoms with Gasteiger partial charge in [-0.1, -0.05) is 18.2 Å². The maximum Gasteiger partial charge on any atom is 0.227 e. The minimum absolute atomic E-state index is 0.0772. The Labute approximate surface area is 173 Å². The Kier molecular flexibility index (Phi) is 12.5. The standard InChI is InChI=1S/C21H35N3O5/c1-18-4-2-3-5-20(18)24-21(25)16-19-17-28-12-8-22-6-10-26-14-15-27-11-7-23-9-13-29-19/h2-5,19,22-23H,6-17H2,1H3,(H,24,25). The summed E-state index contributed by atoms with van der Waals surface area (Å²) in [6, 6.07) is 7.73. The number of para-hydroxylation sites is 1. The van der Waals surface area contributed by atoms with Crippen molar-refractivity contribution in [2.75, 3.05) is 77.7 Å². The van der Waals surface area contributed by atoms with Gasteiger partial charge in [-0.15, -0.1) is 0 Å². The molecule has 0 radical (unpaired) electrons. The van der Waals surface area contributed by atoms with Crippen molar-refractivity contribution in [2.24, 2.45) is 0 Å². The highest BCUT2D eigenvalue weighted by atomic mass is 16.5. The van der Waals surface area contributed by atoms with Gasteiger partial charge in [-0.3, -0.25) is 4.79 Å². The van der Waals surface area contributed by atoms with Gasteiger partial charge < -0.3 is 34.9 Å². The monoisotopic (exact) mass is 409 g/mol. The van der Waals surface area contributed by atoms with Crippen molar-refractivity contribution in [3.05, 3.63) is 29.8 Å². The fourth-order valence-corrected chi connectivity index (χ4v) is 2.80. The number of carbonyl (C=O) groups is 1. The van der Waals surface area contributed by atoms with E-state index in [1.54, 1.807) is 0 Å². The third-order valence-corrected chi connectivity index (χ3v) is 4.41. The summed E-state index contributed by atoms with van der Waals surface area (Å²) in [4.78, 5) is 12.5. The number of nitrogens with one attached hydrogen (secondary N) is 3. The zero-order valence-corrected chi connectivity index (χ0v) is 17.4. The van der Waals surface area contributed by atoms with E-state index in [4.69, 9.17) is 18.9 Å². The summed E-state index contributed by atoms with van der Waals surface area (Å²) >= 11 is 0. The van der Waals surface area contributed by atoms with Gasteiger partial charge in [0, 0.05) is 31.9 Å². The molecule has 1 amide bonds. The van der Waals surface area contributed by atoms with Crippen molar-refractivity contribution in [1.82, 2.24) is 10.6 Å². The van der Waals surface area contributed by atoms with Crippen LogP contribution in [0.25, 0.3) is 0 Å². The zero-order valence-electron chi connectivity index (χ0n) is 17.4. The lowest BCUT2D eigenvalue weighted by molar-refractivity contribution is -0.120. The molecule has 2 rings (SSSR count). The van der Waals surface area contributed by atoms with Gasteiger partial charge in [-0.05, 0) is 18.6 Å². The van der Waals surface area contributed by atoms with Crippen molar-refractivity contribution < 1.29 is 23.7 Å². The molecule has 3 N–H and O–H groups in total. The highest BCUT2D eigenvalue weighted by molar-refractivity contribution is 5.91. The number of aryl methyl sites for hydroxylation is 1. The summed E-state index contributed by atoms with van der Waals surface area (Å²) in [5.74, 6) is -0.0772. The molecular weight excluding hydrogens is 374 g/mol. The van der Waals surface area contributed by atoms with Crippen molar-refractivity contribution in [2.45, 2.75) is 19.4 Å². The molecule has 1 heterocycles. The molecule has 0 aliphatic carbocycles. The lowest BCUT2D eigenvalue weighted by Gasteiger charge is -2.19. The number of anilines is 1. The Morgan fingerprint density at radius 2 is 1.55 bits per heavy atom. The van der Waals surface area contributed by atoms with Crippen LogP contribution in [0.4, 0.5) is 5.69 Å². The van der Waals surface area contributed by atoms with Crippen LogP contribution in [-0.2, 0) is 23.7 Å². The normalized spacial score (nSPS) is 21.6. The van der Waals surface area contributed by atoms with Crippen molar-refractivity contribution in [3.8, 4) is 0 Å². The van der Waals surface area contributed by atoms with Crippen LogP contribution in [0.5, 0.6) is 0 Å².